The van der Waals surface area contributed by atoms with Crippen LogP contribution < -0.4 is 17.0 Å². The van der Waals surface area contributed by atoms with Crippen LogP contribution in [-0.2, 0) is 11.9 Å². The summed E-state index contributed by atoms with van der Waals surface area (Å²) in [6.07, 6.45) is 2.29. The summed E-state index contributed by atoms with van der Waals surface area (Å²) >= 11 is 0. The molecule has 1 atom stereocenters. The summed E-state index contributed by atoms with van der Waals surface area (Å²) in [4.78, 5) is 0.550. The van der Waals surface area contributed by atoms with Gasteiger partial charge in [0.05, 0.1) is 10.5 Å². The van der Waals surface area contributed by atoms with Crippen LogP contribution >= 0.6 is 10.5 Å². The number of rotatable bonds is 3. The highest BCUT2D eigenvalue weighted by Gasteiger charge is 2.47. The third kappa shape index (κ3) is 3.31. The molecule has 0 radical (unpaired) electrons. The average Bonchev–Trinajstić information content (AvgIpc) is 2.66. The predicted octanol–water partition coefficient (Wildman–Crippen LogP) is 2.72. The maximum absolute atomic E-state index is 13.2. The number of hydrogen-bond donors (Lipinski definition) is 0. The van der Waals surface area contributed by atoms with Gasteiger partial charge >= 0.3 is 5.51 Å². The van der Waals surface area contributed by atoms with Crippen LogP contribution in [0, 0.1) is 6.92 Å². The molecule has 19 heavy (non-hydrogen) atoms. The van der Waals surface area contributed by atoms with Crippen molar-refractivity contribution >= 4 is 20.6 Å². The summed E-state index contributed by atoms with van der Waals surface area (Å²) in [6, 6.07) is 6.97. The van der Waals surface area contributed by atoms with Crippen molar-refractivity contribution in [2.45, 2.75) is 38.6 Å². The van der Waals surface area contributed by atoms with E-state index in [-0.39, 0.29) is 17.0 Å². The van der Waals surface area contributed by atoms with Crippen molar-refractivity contribution in [2.24, 2.45) is 0 Å². The fraction of sp³-hybridized carbons (Fsp3) is 0.429. The molecule has 0 bridgehead atoms. The minimum Gasteiger partial charge on any atom is -1.00 e. The number of unbranched alkanes of at least 4 members (excludes halogenated alkanes) is 1. The summed E-state index contributed by atoms with van der Waals surface area (Å²) in [5, 5.41) is 0.782. The largest absolute Gasteiger partial charge is 1.00 e. The Morgan fingerprint density at radius 1 is 1.21 bits per heavy atom. The zero-order valence-corrected chi connectivity index (χ0v) is 13.3. The van der Waals surface area contributed by atoms with Gasteiger partial charge in [0.1, 0.15) is 0 Å². The third-order valence-electron chi connectivity index (χ3n) is 3.08. The summed E-state index contributed by atoms with van der Waals surface area (Å²) < 4.78 is 40.1. The standard InChI is InChI=1S/C14H16F3S.BrH/c1-3-4-7-11-9-12-10(2)6-5-8-13(12)18(11)14(15,16)17;/h5-6,8-9H,3-4,7H2,1-2H3;1H/q+1;/p-1. The van der Waals surface area contributed by atoms with E-state index in [2.05, 4.69) is 0 Å². The molecule has 1 aromatic carbocycles. The monoisotopic (exact) mass is 352 g/mol. The molecule has 0 fully saturated rings. The van der Waals surface area contributed by atoms with E-state index in [4.69, 9.17) is 0 Å². The number of benzene rings is 1. The summed E-state index contributed by atoms with van der Waals surface area (Å²) in [5.74, 6) is 0. The molecule has 0 nitrogen and oxygen atoms in total. The van der Waals surface area contributed by atoms with E-state index in [1.165, 1.54) is 0 Å². The second kappa shape index (κ2) is 6.27. The molecule has 0 spiro atoms. The number of halogens is 4. The van der Waals surface area contributed by atoms with Crippen molar-refractivity contribution in [3.05, 3.63) is 34.7 Å². The van der Waals surface area contributed by atoms with Crippen LogP contribution in [0.15, 0.2) is 24.3 Å². The van der Waals surface area contributed by atoms with Gasteiger partial charge in [0.2, 0.25) is 0 Å². The van der Waals surface area contributed by atoms with Crippen molar-refractivity contribution in [1.29, 1.82) is 0 Å². The van der Waals surface area contributed by atoms with E-state index in [0.29, 0.717) is 16.0 Å². The Morgan fingerprint density at radius 3 is 2.47 bits per heavy atom. The first-order valence-corrected chi connectivity index (χ1v) is 7.29. The van der Waals surface area contributed by atoms with Crippen LogP contribution in [0.5, 0.6) is 0 Å². The first-order chi connectivity index (χ1) is 8.45. The molecular formula is C14H16BrF3S. The summed E-state index contributed by atoms with van der Waals surface area (Å²) in [7, 11) is -1.71. The molecular weight excluding hydrogens is 337 g/mol. The van der Waals surface area contributed by atoms with Crippen molar-refractivity contribution in [3.63, 3.8) is 0 Å². The highest BCUT2D eigenvalue weighted by Crippen LogP contribution is 2.51. The zero-order chi connectivity index (χ0) is 13.3. The Kier molecular flexibility index (Phi) is 5.44. The fourth-order valence-electron chi connectivity index (χ4n) is 2.18. The van der Waals surface area contributed by atoms with Gasteiger partial charge in [-0.1, -0.05) is 25.5 Å². The molecule has 0 aliphatic heterocycles. The first-order valence-electron chi connectivity index (χ1n) is 6.06. The second-order valence-electron chi connectivity index (χ2n) is 4.45. The van der Waals surface area contributed by atoms with Gasteiger partial charge in [-0.2, -0.15) is 0 Å². The number of aryl methyl sites for hydroxylation is 2. The smallest absolute Gasteiger partial charge is 0.600 e. The molecule has 2 aromatic rings. The average molecular weight is 353 g/mol. The zero-order valence-electron chi connectivity index (χ0n) is 10.9. The van der Waals surface area contributed by atoms with Crippen LogP contribution in [0.25, 0.3) is 10.1 Å². The molecule has 5 heteroatoms. The Labute approximate surface area is 124 Å². The summed E-state index contributed by atoms with van der Waals surface area (Å²) in [5.41, 5.74) is -3.22. The minimum absolute atomic E-state index is 0. The highest BCUT2D eigenvalue weighted by atomic mass is 79.9. The van der Waals surface area contributed by atoms with E-state index < -0.39 is 16.0 Å². The highest BCUT2D eigenvalue weighted by molar-refractivity contribution is 7.38. The fourth-order valence-corrected chi connectivity index (χ4v) is 4.24. The Balaban J connectivity index is 0.00000180. The molecule has 1 heterocycles. The van der Waals surface area contributed by atoms with Gasteiger partial charge in [0.25, 0.3) is 0 Å². The van der Waals surface area contributed by atoms with Crippen molar-refractivity contribution in [1.82, 2.24) is 0 Å². The van der Waals surface area contributed by atoms with Gasteiger partial charge in [-0.3, -0.25) is 0 Å². The molecule has 1 unspecified atom stereocenters. The van der Waals surface area contributed by atoms with Crippen LogP contribution in [0.4, 0.5) is 13.2 Å². The maximum Gasteiger partial charge on any atom is 0.600 e. The van der Waals surface area contributed by atoms with Gasteiger partial charge in [-0.05, 0) is 25.0 Å². The molecule has 0 aliphatic carbocycles. The topological polar surface area (TPSA) is 0 Å². The van der Waals surface area contributed by atoms with Gasteiger partial charge in [0.15, 0.2) is 9.58 Å². The Morgan fingerprint density at radius 2 is 1.89 bits per heavy atom. The van der Waals surface area contributed by atoms with E-state index in [1.807, 2.05) is 19.9 Å². The number of alkyl halides is 3. The van der Waals surface area contributed by atoms with Crippen LogP contribution in [0.1, 0.15) is 30.2 Å². The van der Waals surface area contributed by atoms with E-state index in [0.717, 1.165) is 23.8 Å². The van der Waals surface area contributed by atoms with Crippen LogP contribution in [0.2, 0.25) is 0 Å². The maximum atomic E-state index is 13.2. The number of thiophene rings is 1. The lowest BCUT2D eigenvalue weighted by molar-refractivity contribution is -0.0867. The van der Waals surface area contributed by atoms with Gasteiger partial charge in [-0.25, -0.2) is 0 Å². The number of fused-ring (bicyclic) bond motifs is 1. The minimum atomic E-state index is -4.15. The molecule has 0 amide bonds. The first kappa shape index (κ1) is 16.5. The molecule has 0 saturated heterocycles. The van der Waals surface area contributed by atoms with Crippen LogP contribution in [0.3, 0.4) is 0 Å². The molecule has 106 valence electrons. The lowest BCUT2D eigenvalue weighted by Gasteiger charge is -1.99. The lowest BCUT2D eigenvalue weighted by atomic mass is 10.1. The Hall–Kier alpha value is -0.550. The molecule has 0 N–H and O–H groups in total. The van der Waals surface area contributed by atoms with E-state index in [9.17, 15) is 13.2 Å². The number of hydrogen-bond acceptors (Lipinski definition) is 0. The SMILES string of the molecule is CCCCc1cc2c(C)cccc2[s+]1C(F)(F)F.[Br-]. The van der Waals surface area contributed by atoms with Crippen LogP contribution in [-0.4, -0.2) is 0 Å². The van der Waals surface area contributed by atoms with Gasteiger partial charge < -0.3 is 17.0 Å². The van der Waals surface area contributed by atoms with Gasteiger partial charge in [-0.15, -0.1) is 13.2 Å². The van der Waals surface area contributed by atoms with Crippen molar-refractivity contribution in [2.75, 3.05) is 0 Å². The quantitative estimate of drug-likeness (QED) is 0.745. The molecule has 2 rings (SSSR count). The predicted molar refractivity (Wildman–Crippen MR) is 71.1 cm³/mol. The molecule has 0 aliphatic rings. The second-order valence-corrected chi connectivity index (χ2v) is 6.49. The normalized spacial score (nSPS) is 12.6. The summed E-state index contributed by atoms with van der Waals surface area (Å²) in [6.45, 7) is 3.87. The molecule has 1 aromatic heterocycles. The van der Waals surface area contributed by atoms with Crippen molar-refractivity contribution < 1.29 is 30.2 Å². The Bertz CT molecular complexity index is 558. The van der Waals surface area contributed by atoms with E-state index >= 15 is 0 Å². The third-order valence-corrected chi connectivity index (χ3v) is 5.18. The lowest BCUT2D eigenvalue weighted by Crippen LogP contribution is -3.00. The van der Waals surface area contributed by atoms with E-state index in [1.54, 1.807) is 18.2 Å². The molecule has 0 saturated carbocycles. The van der Waals surface area contributed by atoms with Gasteiger partial charge in [0, 0.05) is 17.9 Å². The van der Waals surface area contributed by atoms with Crippen molar-refractivity contribution in [3.8, 4) is 0 Å².